The van der Waals surface area contributed by atoms with Crippen LogP contribution in [0.1, 0.15) is 12.8 Å². The smallest absolute Gasteiger partial charge is 0.222 e. The van der Waals surface area contributed by atoms with Crippen molar-refractivity contribution >= 4 is 5.91 Å². The first-order valence-corrected chi connectivity index (χ1v) is 3.64. The average Bonchev–Trinajstić information content (AvgIpc) is 2.07. The Labute approximate surface area is 64.4 Å². The average molecular weight is 154 g/mol. The zero-order chi connectivity index (χ0) is 8.10. The number of nitrogens with one attached hydrogen (secondary N) is 1. The highest BCUT2D eigenvalue weighted by Gasteiger charge is 2.18. The van der Waals surface area contributed by atoms with E-state index in [2.05, 4.69) is 15.3 Å². The van der Waals surface area contributed by atoms with Crippen molar-refractivity contribution in [2.24, 2.45) is 11.0 Å². The zero-order valence-corrected chi connectivity index (χ0v) is 6.16. The molecule has 0 atom stereocenters. The van der Waals surface area contributed by atoms with Crippen molar-refractivity contribution in [2.75, 3.05) is 13.1 Å². The fourth-order valence-corrected chi connectivity index (χ4v) is 1.19. The van der Waals surface area contributed by atoms with Crippen LogP contribution in [0.15, 0.2) is 5.11 Å². The lowest BCUT2D eigenvalue weighted by Crippen LogP contribution is -2.31. The molecule has 1 amide bonds. The van der Waals surface area contributed by atoms with Crippen molar-refractivity contribution < 1.29 is 4.79 Å². The lowest BCUT2D eigenvalue weighted by atomic mass is 9.98. The molecule has 5 nitrogen and oxygen atoms in total. The highest BCUT2D eigenvalue weighted by molar-refractivity contribution is 5.79. The Morgan fingerprint density at radius 3 is 2.73 bits per heavy atom. The van der Waals surface area contributed by atoms with Crippen LogP contribution in [0.5, 0.6) is 0 Å². The Hall–Kier alpha value is -1.06. The Balaban J connectivity index is 2.44. The first kappa shape index (κ1) is 8.04. The van der Waals surface area contributed by atoms with Gasteiger partial charge >= 0.3 is 0 Å². The zero-order valence-electron chi connectivity index (χ0n) is 6.16. The van der Waals surface area contributed by atoms with Gasteiger partial charge in [-0.3, -0.25) is 4.79 Å². The molecule has 0 aliphatic carbocycles. The second-order valence-electron chi connectivity index (χ2n) is 2.55. The van der Waals surface area contributed by atoms with Gasteiger partial charge in [0.2, 0.25) is 5.91 Å². The van der Waals surface area contributed by atoms with Crippen molar-refractivity contribution in [1.29, 1.82) is 0 Å². The van der Waals surface area contributed by atoms with Crippen molar-refractivity contribution in [1.82, 2.24) is 5.32 Å². The maximum atomic E-state index is 10.9. The largest absolute Gasteiger partial charge is 0.317 e. The van der Waals surface area contributed by atoms with Gasteiger partial charge in [0.25, 0.3) is 0 Å². The van der Waals surface area contributed by atoms with E-state index in [9.17, 15) is 4.79 Å². The number of rotatable bonds is 1. The van der Waals surface area contributed by atoms with Gasteiger partial charge in [-0.15, -0.1) is 0 Å². The first-order valence-electron chi connectivity index (χ1n) is 3.64. The standard InChI is InChI=1S/C6H10N4O/c7-10-9-6(11)5-1-3-8-4-2-5/h5,8H,1-4H2. The Bertz CT molecular complexity index is 191. The molecule has 1 heterocycles. The van der Waals surface area contributed by atoms with Crippen molar-refractivity contribution in [3.8, 4) is 0 Å². The number of carbonyl (C=O) groups is 1. The number of hydrogen-bond donors (Lipinski definition) is 1. The molecule has 1 fully saturated rings. The fraction of sp³-hybridized carbons (Fsp3) is 0.833. The van der Waals surface area contributed by atoms with Crippen LogP contribution in [0.4, 0.5) is 0 Å². The van der Waals surface area contributed by atoms with E-state index in [1.165, 1.54) is 0 Å². The molecule has 1 N–H and O–H groups in total. The predicted molar refractivity (Wildman–Crippen MR) is 39.7 cm³/mol. The van der Waals surface area contributed by atoms with Gasteiger partial charge in [-0.05, 0) is 36.6 Å². The van der Waals surface area contributed by atoms with E-state index in [-0.39, 0.29) is 11.8 Å². The minimum atomic E-state index is -0.311. The number of amides is 1. The van der Waals surface area contributed by atoms with Crippen LogP contribution in [0.2, 0.25) is 0 Å². The summed E-state index contributed by atoms with van der Waals surface area (Å²) in [4.78, 5) is 13.4. The van der Waals surface area contributed by atoms with Crippen LogP contribution in [0, 0.1) is 5.92 Å². The Morgan fingerprint density at radius 2 is 2.18 bits per heavy atom. The molecule has 0 unspecified atom stereocenters. The van der Waals surface area contributed by atoms with Crippen LogP contribution in [0.25, 0.3) is 10.4 Å². The van der Waals surface area contributed by atoms with Crippen molar-refractivity contribution in [2.45, 2.75) is 12.8 Å². The molecule has 1 aliphatic rings. The number of azide groups is 1. The summed E-state index contributed by atoms with van der Waals surface area (Å²) >= 11 is 0. The highest BCUT2D eigenvalue weighted by Crippen LogP contribution is 2.12. The molecule has 0 radical (unpaired) electrons. The van der Waals surface area contributed by atoms with E-state index in [4.69, 9.17) is 5.53 Å². The molecule has 0 saturated carbocycles. The summed E-state index contributed by atoms with van der Waals surface area (Å²) in [6.07, 6.45) is 1.58. The minimum Gasteiger partial charge on any atom is -0.317 e. The van der Waals surface area contributed by atoms with E-state index in [1.807, 2.05) is 0 Å². The Kier molecular flexibility index (Phi) is 2.89. The van der Waals surface area contributed by atoms with Crippen LogP contribution in [0.3, 0.4) is 0 Å². The molecule has 0 spiro atoms. The van der Waals surface area contributed by atoms with Gasteiger partial charge in [0, 0.05) is 10.8 Å². The minimum absolute atomic E-state index is 0.0489. The molecule has 11 heavy (non-hydrogen) atoms. The Morgan fingerprint density at radius 1 is 1.55 bits per heavy atom. The van der Waals surface area contributed by atoms with Crippen molar-refractivity contribution in [3.05, 3.63) is 10.4 Å². The summed E-state index contributed by atoms with van der Waals surface area (Å²) in [5.74, 6) is -0.360. The van der Waals surface area contributed by atoms with Gasteiger partial charge < -0.3 is 5.32 Å². The molecule has 5 heteroatoms. The second kappa shape index (κ2) is 3.95. The fourth-order valence-electron chi connectivity index (χ4n) is 1.19. The molecule has 1 saturated heterocycles. The number of carbonyl (C=O) groups excluding carboxylic acids is 1. The summed E-state index contributed by atoms with van der Waals surface area (Å²) in [5, 5.41) is 6.19. The number of nitrogens with zero attached hydrogens (tertiary/aromatic N) is 3. The summed E-state index contributed by atoms with van der Waals surface area (Å²) in [6, 6.07) is 0. The number of piperidine rings is 1. The van der Waals surface area contributed by atoms with Crippen LogP contribution >= 0.6 is 0 Å². The second-order valence-corrected chi connectivity index (χ2v) is 2.55. The molecule has 0 aromatic carbocycles. The first-order chi connectivity index (χ1) is 5.34. The van der Waals surface area contributed by atoms with E-state index in [0.29, 0.717) is 0 Å². The summed E-state index contributed by atoms with van der Waals surface area (Å²) < 4.78 is 0. The van der Waals surface area contributed by atoms with E-state index in [0.717, 1.165) is 25.9 Å². The third-order valence-corrected chi connectivity index (χ3v) is 1.83. The van der Waals surface area contributed by atoms with Crippen LogP contribution in [-0.4, -0.2) is 19.0 Å². The molecule has 0 aromatic heterocycles. The summed E-state index contributed by atoms with van der Waals surface area (Å²) in [5.41, 5.74) is 7.99. The van der Waals surface area contributed by atoms with Gasteiger partial charge in [-0.25, -0.2) is 0 Å². The van der Waals surface area contributed by atoms with Gasteiger partial charge in [0.15, 0.2) is 0 Å². The molecular formula is C6H10N4O. The molecule has 1 rings (SSSR count). The van der Waals surface area contributed by atoms with E-state index in [1.54, 1.807) is 0 Å². The normalized spacial score (nSPS) is 18.9. The van der Waals surface area contributed by atoms with Gasteiger partial charge in [0.1, 0.15) is 0 Å². The third kappa shape index (κ3) is 2.22. The summed E-state index contributed by atoms with van der Waals surface area (Å²) in [6.45, 7) is 1.69. The monoisotopic (exact) mass is 154 g/mol. The van der Waals surface area contributed by atoms with E-state index >= 15 is 0 Å². The molecular weight excluding hydrogens is 144 g/mol. The van der Waals surface area contributed by atoms with Gasteiger partial charge in [0.05, 0.1) is 0 Å². The molecule has 0 bridgehead atoms. The van der Waals surface area contributed by atoms with Crippen LogP contribution < -0.4 is 5.32 Å². The lowest BCUT2D eigenvalue weighted by molar-refractivity contribution is -0.122. The third-order valence-electron chi connectivity index (χ3n) is 1.83. The van der Waals surface area contributed by atoms with Gasteiger partial charge in [-0.1, -0.05) is 0 Å². The summed E-state index contributed by atoms with van der Waals surface area (Å²) in [7, 11) is 0. The lowest BCUT2D eigenvalue weighted by Gasteiger charge is -2.18. The maximum Gasteiger partial charge on any atom is 0.222 e. The number of hydrogen-bond acceptors (Lipinski definition) is 2. The maximum absolute atomic E-state index is 10.9. The SMILES string of the molecule is [N-]=[N+]=NC(=O)C1CCNCC1. The molecule has 1 aliphatic heterocycles. The van der Waals surface area contributed by atoms with Crippen LogP contribution in [-0.2, 0) is 4.79 Å². The highest BCUT2D eigenvalue weighted by atomic mass is 16.1. The van der Waals surface area contributed by atoms with Crippen molar-refractivity contribution in [3.63, 3.8) is 0 Å². The molecule has 0 aromatic rings. The quantitative estimate of drug-likeness (QED) is 0.345. The topological polar surface area (TPSA) is 77.9 Å². The predicted octanol–water partition coefficient (Wildman–Crippen LogP) is 0.823. The van der Waals surface area contributed by atoms with Gasteiger partial charge in [-0.2, -0.15) is 0 Å². The van der Waals surface area contributed by atoms with E-state index < -0.39 is 0 Å². The molecule has 60 valence electrons.